The van der Waals surface area contributed by atoms with Gasteiger partial charge in [0.1, 0.15) is 5.82 Å². The van der Waals surface area contributed by atoms with E-state index in [9.17, 15) is 9.18 Å². The molecule has 1 atom stereocenters. The highest BCUT2D eigenvalue weighted by molar-refractivity contribution is 6.30. The number of benzene rings is 2. The molecule has 0 saturated heterocycles. The first-order chi connectivity index (χ1) is 10.6. The molecule has 2 aromatic rings. The third-order valence-corrected chi connectivity index (χ3v) is 4.29. The van der Waals surface area contributed by atoms with E-state index in [1.807, 2.05) is 36.1 Å². The molecule has 0 aromatic heterocycles. The molecule has 114 valence electrons. The van der Waals surface area contributed by atoms with Crippen LogP contribution in [0.4, 0.5) is 4.39 Å². The molecule has 2 nitrogen and oxygen atoms in total. The summed E-state index contributed by atoms with van der Waals surface area (Å²) in [7, 11) is 0. The van der Waals surface area contributed by atoms with Crippen molar-refractivity contribution >= 4 is 17.5 Å². The molecule has 1 aliphatic rings. The zero-order valence-corrected chi connectivity index (χ0v) is 13.1. The van der Waals surface area contributed by atoms with Crippen molar-refractivity contribution in [3.63, 3.8) is 0 Å². The average molecular weight is 318 g/mol. The van der Waals surface area contributed by atoms with E-state index >= 15 is 0 Å². The van der Waals surface area contributed by atoms with Crippen LogP contribution in [0.15, 0.2) is 48.5 Å². The highest BCUT2D eigenvalue weighted by Gasteiger charge is 2.36. The van der Waals surface area contributed by atoms with Crippen LogP contribution < -0.4 is 0 Å². The second-order valence-electron chi connectivity index (χ2n) is 5.68. The number of hydrogen-bond acceptors (Lipinski definition) is 1. The zero-order chi connectivity index (χ0) is 15.7. The normalized spacial score (nSPS) is 15.4. The van der Waals surface area contributed by atoms with Crippen molar-refractivity contribution in [3.8, 4) is 0 Å². The Balaban J connectivity index is 1.87. The molecule has 1 aliphatic carbocycles. The van der Waals surface area contributed by atoms with Gasteiger partial charge in [0.25, 0.3) is 5.91 Å². The highest BCUT2D eigenvalue weighted by atomic mass is 35.5. The van der Waals surface area contributed by atoms with Gasteiger partial charge in [-0.15, -0.1) is 0 Å². The molecule has 3 rings (SSSR count). The van der Waals surface area contributed by atoms with Crippen LogP contribution in [0.3, 0.4) is 0 Å². The van der Waals surface area contributed by atoms with Gasteiger partial charge in [0.05, 0.1) is 6.04 Å². The van der Waals surface area contributed by atoms with Gasteiger partial charge in [0.2, 0.25) is 0 Å². The van der Waals surface area contributed by atoms with Crippen LogP contribution in [0.1, 0.15) is 41.7 Å². The van der Waals surface area contributed by atoms with Crippen LogP contribution in [0.5, 0.6) is 0 Å². The summed E-state index contributed by atoms with van der Waals surface area (Å²) >= 11 is 5.93. The molecule has 1 unspecified atom stereocenters. The summed E-state index contributed by atoms with van der Waals surface area (Å²) in [5.41, 5.74) is 1.57. The van der Waals surface area contributed by atoms with Crippen LogP contribution in [-0.2, 0) is 0 Å². The van der Waals surface area contributed by atoms with Gasteiger partial charge in [0, 0.05) is 16.6 Å². The lowest BCUT2D eigenvalue weighted by Crippen LogP contribution is -2.35. The predicted octanol–water partition coefficient (Wildman–Crippen LogP) is 4.84. The molecule has 0 N–H and O–H groups in total. The topological polar surface area (TPSA) is 20.3 Å². The first-order valence-corrected chi connectivity index (χ1v) is 7.78. The summed E-state index contributed by atoms with van der Waals surface area (Å²) in [4.78, 5) is 14.7. The molecule has 0 bridgehead atoms. The van der Waals surface area contributed by atoms with E-state index < -0.39 is 0 Å². The van der Waals surface area contributed by atoms with Crippen LogP contribution in [0.2, 0.25) is 5.02 Å². The Labute approximate surface area is 134 Å². The number of halogens is 2. The molecule has 1 fully saturated rings. The summed E-state index contributed by atoms with van der Waals surface area (Å²) in [5.74, 6) is -0.384. The van der Waals surface area contributed by atoms with Crippen molar-refractivity contribution in [2.75, 3.05) is 0 Å². The van der Waals surface area contributed by atoms with Gasteiger partial charge in [-0.2, -0.15) is 0 Å². The monoisotopic (exact) mass is 317 g/mol. The fourth-order valence-electron chi connectivity index (χ4n) is 2.65. The minimum Gasteiger partial charge on any atom is -0.329 e. The second kappa shape index (κ2) is 6.09. The zero-order valence-electron chi connectivity index (χ0n) is 12.3. The highest BCUT2D eigenvalue weighted by Crippen LogP contribution is 2.35. The molecule has 2 aromatic carbocycles. The summed E-state index contributed by atoms with van der Waals surface area (Å²) in [6.07, 6.45) is 2.04. The van der Waals surface area contributed by atoms with Crippen LogP contribution in [0, 0.1) is 5.82 Å². The lowest BCUT2D eigenvalue weighted by Gasteiger charge is -2.30. The van der Waals surface area contributed by atoms with E-state index in [-0.39, 0.29) is 23.8 Å². The van der Waals surface area contributed by atoms with Gasteiger partial charge in [0.15, 0.2) is 0 Å². The molecule has 22 heavy (non-hydrogen) atoms. The SMILES string of the molecule is CC(c1ccc(Cl)cc1)N(C(=O)c1ccc(F)cc1)C1CC1. The summed E-state index contributed by atoms with van der Waals surface area (Å²) in [6.45, 7) is 2.02. The summed E-state index contributed by atoms with van der Waals surface area (Å²) in [6, 6.07) is 13.5. The Kier molecular flexibility index (Phi) is 4.16. The van der Waals surface area contributed by atoms with E-state index in [1.165, 1.54) is 12.1 Å². The van der Waals surface area contributed by atoms with Crippen molar-refractivity contribution in [2.45, 2.75) is 31.8 Å². The van der Waals surface area contributed by atoms with Crippen LogP contribution in [-0.4, -0.2) is 16.8 Å². The number of amides is 1. The minimum absolute atomic E-state index is 0.0395. The molecule has 0 radical (unpaired) electrons. The van der Waals surface area contributed by atoms with Crippen molar-refractivity contribution in [2.24, 2.45) is 0 Å². The number of carbonyl (C=O) groups is 1. The van der Waals surface area contributed by atoms with Gasteiger partial charge in [-0.1, -0.05) is 23.7 Å². The van der Waals surface area contributed by atoms with E-state index in [0.717, 1.165) is 18.4 Å². The molecule has 4 heteroatoms. The lowest BCUT2D eigenvalue weighted by molar-refractivity contribution is 0.0674. The molecule has 1 saturated carbocycles. The second-order valence-corrected chi connectivity index (χ2v) is 6.11. The first kappa shape index (κ1) is 15.0. The van der Waals surface area contributed by atoms with Gasteiger partial charge < -0.3 is 4.90 Å². The Hall–Kier alpha value is -1.87. The van der Waals surface area contributed by atoms with E-state index in [4.69, 9.17) is 11.6 Å². The number of nitrogens with zero attached hydrogens (tertiary/aromatic N) is 1. The maximum atomic E-state index is 13.0. The van der Waals surface area contributed by atoms with Crippen LogP contribution in [0.25, 0.3) is 0 Å². The third-order valence-electron chi connectivity index (χ3n) is 4.04. The van der Waals surface area contributed by atoms with Gasteiger partial charge in [-0.3, -0.25) is 4.79 Å². The quantitative estimate of drug-likeness (QED) is 0.789. The third kappa shape index (κ3) is 3.14. The van der Waals surface area contributed by atoms with E-state index in [1.54, 1.807) is 12.1 Å². The van der Waals surface area contributed by atoms with Gasteiger partial charge in [-0.05, 0) is 61.7 Å². The van der Waals surface area contributed by atoms with Crippen molar-refractivity contribution < 1.29 is 9.18 Å². The number of rotatable bonds is 4. The Morgan fingerprint density at radius 2 is 1.73 bits per heavy atom. The fourth-order valence-corrected chi connectivity index (χ4v) is 2.78. The molecular formula is C18H17ClFNO. The summed E-state index contributed by atoms with van der Waals surface area (Å²) in [5, 5.41) is 0.679. The Morgan fingerprint density at radius 3 is 2.27 bits per heavy atom. The van der Waals surface area contributed by atoms with Crippen molar-refractivity contribution in [3.05, 3.63) is 70.5 Å². The average Bonchev–Trinajstić information content (AvgIpc) is 3.33. The Bertz CT molecular complexity index is 664. The first-order valence-electron chi connectivity index (χ1n) is 7.40. The lowest BCUT2D eigenvalue weighted by atomic mass is 10.1. The minimum atomic E-state index is -0.333. The Morgan fingerprint density at radius 1 is 1.14 bits per heavy atom. The predicted molar refractivity (Wildman–Crippen MR) is 85.5 cm³/mol. The maximum Gasteiger partial charge on any atom is 0.254 e. The standard InChI is InChI=1S/C18H17ClFNO/c1-12(13-2-6-15(19)7-3-13)21(17-10-11-17)18(22)14-4-8-16(20)9-5-14/h2-9,12,17H,10-11H2,1H3. The van der Waals surface area contributed by atoms with Crippen molar-refractivity contribution in [1.29, 1.82) is 0 Å². The largest absolute Gasteiger partial charge is 0.329 e. The van der Waals surface area contributed by atoms with Gasteiger partial charge in [-0.25, -0.2) is 4.39 Å². The van der Waals surface area contributed by atoms with E-state index in [0.29, 0.717) is 10.6 Å². The molecular weight excluding hydrogens is 301 g/mol. The number of carbonyl (C=O) groups excluding carboxylic acids is 1. The summed E-state index contributed by atoms with van der Waals surface area (Å²) < 4.78 is 13.0. The number of hydrogen-bond donors (Lipinski definition) is 0. The van der Waals surface area contributed by atoms with Gasteiger partial charge >= 0.3 is 0 Å². The molecule has 1 amide bonds. The van der Waals surface area contributed by atoms with Crippen LogP contribution >= 0.6 is 11.6 Å². The van der Waals surface area contributed by atoms with Crippen molar-refractivity contribution in [1.82, 2.24) is 4.90 Å². The molecule has 0 spiro atoms. The molecule has 0 aliphatic heterocycles. The maximum absolute atomic E-state index is 13.0. The smallest absolute Gasteiger partial charge is 0.254 e. The molecule has 0 heterocycles. The van der Waals surface area contributed by atoms with E-state index in [2.05, 4.69) is 0 Å². The fraction of sp³-hybridized carbons (Fsp3) is 0.278.